The third-order valence-electron chi connectivity index (χ3n) is 0.681. The lowest BCUT2D eigenvalue weighted by molar-refractivity contribution is -0.131. The van der Waals surface area contributed by atoms with E-state index in [9.17, 15) is 8.42 Å². The van der Waals surface area contributed by atoms with Crippen LogP contribution in [0.2, 0.25) is 0 Å². The molecule has 0 aromatic carbocycles. The van der Waals surface area contributed by atoms with Crippen LogP contribution in [0.5, 0.6) is 0 Å². The van der Waals surface area contributed by atoms with Crippen molar-refractivity contribution < 1.29 is 18.0 Å². The van der Waals surface area contributed by atoms with Crippen molar-refractivity contribution >= 4 is 10.1 Å². The Morgan fingerprint density at radius 3 is 1.88 bits per heavy atom. The summed E-state index contributed by atoms with van der Waals surface area (Å²) < 4.78 is 23.6. The van der Waals surface area contributed by atoms with Gasteiger partial charge in [0.1, 0.15) is 0 Å². The summed E-state index contributed by atoms with van der Waals surface area (Å²) >= 11 is 0. The van der Waals surface area contributed by atoms with Gasteiger partial charge in [-0.25, -0.2) is 5.26 Å². The largest absolute Gasteiger partial charge is 0.295 e. The first-order valence-corrected chi connectivity index (χ1v) is 3.54. The highest BCUT2D eigenvalue weighted by molar-refractivity contribution is 7.87. The van der Waals surface area contributed by atoms with E-state index in [0.29, 0.717) is 0 Å². The Labute approximate surface area is 48.1 Å². The van der Waals surface area contributed by atoms with Crippen LogP contribution in [0.15, 0.2) is 0 Å². The van der Waals surface area contributed by atoms with Crippen LogP contribution in [-0.4, -0.2) is 18.9 Å². The number of hydrogen-bond acceptors (Lipinski definition) is 4. The molecule has 0 atom stereocenters. The molecule has 0 spiro atoms. The molecule has 0 fully saturated rings. The van der Waals surface area contributed by atoms with E-state index < -0.39 is 15.4 Å². The zero-order valence-corrected chi connectivity index (χ0v) is 5.47. The van der Waals surface area contributed by atoms with Gasteiger partial charge in [0.25, 0.3) is 10.1 Å². The van der Waals surface area contributed by atoms with E-state index >= 15 is 0 Å². The standard InChI is InChI=1S/C3H8O4S/c1-3(2)8(5,6)7-4/h3-4H,1-2H3. The van der Waals surface area contributed by atoms with E-state index in [4.69, 9.17) is 5.26 Å². The van der Waals surface area contributed by atoms with Gasteiger partial charge in [0.2, 0.25) is 0 Å². The summed E-state index contributed by atoms with van der Waals surface area (Å²) in [4.78, 5) is 0. The van der Waals surface area contributed by atoms with Crippen molar-refractivity contribution in [3.8, 4) is 0 Å². The van der Waals surface area contributed by atoms with Gasteiger partial charge in [0, 0.05) is 0 Å². The maximum absolute atomic E-state index is 10.2. The minimum atomic E-state index is -3.68. The molecule has 4 nitrogen and oxygen atoms in total. The highest BCUT2D eigenvalue weighted by atomic mass is 32.2. The molecule has 0 aliphatic rings. The Balaban J connectivity index is 4.17. The highest BCUT2D eigenvalue weighted by Gasteiger charge is 2.15. The minimum absolute atomic E-state index is 0.688. The van der Waals surface area contributed by atoms with Crippen LogP contribution in [-0.2, 0) is 14.5 Å². The third-order valence-corrected chi connectivity index (χ3v) is 2.04. The van der Waals surface area contributed by atoms with Crippen molar-refractivity contribution in [1.82, 2.24) is 0 Å². The Hall–Kier alpha value is -0.130. The SMILES string of the molecule is CC(C)S(=O)(=O)OO. The molecule has 0 aromatic heterocycles. The number of hydrogen-bond donors (Lipinski definition) is 1. The molecule has 0 radical (unpaired) electrons. The van der Waals surface area contributed by atoms with Crippen molar-refractivity contribution in [3.05, 3.63) is 0 Å². The van der Waals surface area contributed by atoms with Crippen molar-refractivity contribution in [1.29, 1.82) is 0 Å². The molecule has 0 aliphatic heterocycles. The van der Waals surface area contributed by atoms with Crippen LogP contribution in [0.3, 0.4) is 0 Å². The molecule has 8 heavy (non-hydrogen) atoms. The number of rotatable bonds is 2. The Kier molecular flexibility index (Phi) is 2.39. The van der Waals surface area contributed by atoms with Gasteiger partial charge in [0.05, 0.1) is 5.25 Å². The summed E-state index contributed by atoms with van der Waals surface area (Å²) in [6.45, 7) is 2.82. The van der Waals surface area contributed by atoms with E-state index in [1.165, 1.54) is 13.8 Å². The quantitative estimate of drug-likeness (QED) is 0.440. The topological polar surface area (TPSA) is 63.6 Å². The molecule has 0 rings (SSSR count). The van der Waals surface area contributed by atoms with Crippen LogP contribution >= 0.6 is 0 Å². The lowest BCUT2D eigenvalue weighted by atomic mass is 10.6. The normalized spacial score (nSPS) is 12.5. The van der Waals surface area contributed by atoms with Crippen molar-refractivity contribution in [2.45, 2.75) is 19.1 Å². The second-order valence-electron chi connectivity index (χ2n) is 1.62. The monoisotopic (exact) mass is 140 g/mol. The second-order valence-corrected chi connectivity index (χ2v) is 3.69. The fourth-order valence-corrected chi connectivity index (χ4v) is 0.258. The van der Waals surface area contributed by atoms with Crippen LogP contribution in [0.4, 0.5) is 0 Å². The van der Waals surface area contributed by atoms with Crippen molar-refractivity contribution in [2.24, 2.45) is 0 Å². The van der Waals surface area contributed by atoms with Crippen molar-refractivity contribution in [2.75, 3.05) is 0 Å². The summed E-state index contributed by atoms with van der Waals surface area (Å²) in [5, 5.41) is 6.99. The van der Waals surface area contributed by atoms with E-state index in [2.05, 4.69) is 4.33 Å². The van der Waals surface area contributed by atoms with Gasteiger partial charge in [0.15, 0.2) is 0 Å². The van der Waals surface area contributed by atoms with Gasteiger partial charge in [-0.15, -0.1) is 4.33 Å². The van der Waals surface area contributed by atoms with E-state index in [-0.39, 0.29) is 0 Å². The predicted octanol–water partition coefficient (Wildman–Crippen LogP) is 0.214. The van der Waals surface area contributed by atoms with Crippen LogP contribution < -0.4 is 0 Å². The molecule has 0 unspecified atom stereocenters. The van der Waals surface area contributed by atoms with Gasteiger partial charge in [-0.3, -0.25) is 0 Å². The first kappa shape index (κ1) is 7.87. The molecule has 50 valence electrons. The zero-order valence-electron chi connectivity index (χ0n) is 4.66. The Bertz CT molecular complexity index is 145. The highest BCUT2D eigenvalue weighted by Crippen LogP contribution is 1.98. The van der Waals surface area contributed by atoms with E-state index in [1.807, 2.05) is 0 Å². The second kappa shape index (κ2) is 2.43. The zero-order chi connectivity index (χ0) is 6.78. The first-order chi connectivity index (χ1) is 3.50. The Morgan fingerprint density at radius 1 is 1.50 bits per heavy atom. The molecule has 0 saturated heterocycles. The maximum atomic E-state index is 10.2. The molecule has 0 aromatic rings. The Morgan fingerprint density at radius 2 is 1.88 bits per heavy atom. The summed E-state index contributed by atoms with van der Waals surface area (Å²) in [5.41, 5.74) is 0. The maximum Gasteiger partial charge on any atom is 0.295 e. The molecular weight excluding hydrogens is 132 g/mol. The van der Waals surface area contributed by atoms with Gasteiger partial charge >= 0.3 is 0 Å². The van der Waals surface area contributed by atoms with Gasteiger partial charge in [-0.2, -0.15) is 8.42 Å². The fourth-order valence-electron chi connectivity index (χ4n) is 0.0861. The van der Waals surface area contributed by atoms with Crippen LogP contribution in [0.25, 0.3) is 0 Å². The predicted molar refractivity (Wildman–Crippen MR) is 27.8 cm³/mol. The van der Waals surface area contributed by atoms with Crippen LogP contribution in [0.1, 0.15) is 13.8 Å². The minimum Gasteiger partial charge on any atom is -0.235 e. The van der Waals surface area contributed by atoms with Gasteiger partial charge < -0.3 is 0 Å². The lowest BCUT2D eigenvalue weighted by Gasteiger charge is -1.99. The summed E-state index contributed by atoms with van der Waals surface area (Å²) in [6, 6.07) is 0. The van der Waals surface area contributed by atoms with Gasteiger partial charge in [-0.05, 0) is 13.8 Å². The smallest absolute Gasteiger partial charge is 0.235 e. The molecule has 5 heteroatoms. The fraction of sp³-hybridized carbons (Fsp3) is 1.00. The van der Waals surface area contributed by atoms with E-state index in [0.717, 1.165) is 0 Å². The molecule has 0 bridgehead atoms. The molecule has 0 heterocycles. The average molecular weight is 140 g/mol. The summed E-state index contributed by atoms with van der Waals surface area (Å²) in [7, 11) is -3.68. The van der Waals surface area contributed by atoms with Crippen LogP contribution in [0, 0.1) is 0 Å². The summed E-state index contributed by atoms with van der Waals surface area (Å²) in [5.74, 6) is 0. The molecule has 0 saturated carbocycles. The first-order valence-electron chi connectivity index (χ1n) is 2.07. The lowest BCUT2D eigenvalue weighted by Crippen LogP contribution is -2.14. The molecule has 0 aliphatic carbocycles. The molecule has 0 amide bonds. The van der Waals surface area contributed by atoms with Gasteiger partial charge in [-0.1, -0.05) is 0 Å². The third kappa shape index (κ3) is 1.77. The average Bonchev–Trinajstić information content (AvgIpc) is 1.67. The summed E-state index contributed by atoms with van der Waals surface area (Å²) in [6.07, 6.45) is 0. The molecular formula is C3H8O4S. The van der Waals surface area contributed by atoms with Crippen molar-refractivity contribution in [3.63, 3.8) is 0 Å². The molecule has 1 N–H and O–H groups in total. The van der Waals surface area contributed by atoms with E-state index in [1.54, 1.807) is 0 Å².